The predicted molar refractivity (Wildman–Crippen MR) is 113 cm³/mol. The van der Waals surface area contributed by atoms with Gasteiger partial charge in [-0.2, -0.15) is 0 Å². The van der Waals surface area contributed by atoms with E-state index in [0.29, 0.717) is 13.0 Å². The van der Waals surface area contributed by atoms with Crippen LogP contribution in [0.1, 0.15) is 29.2 Å². The van der Waals surface area contributed by atoms with Gasteiger partial charge in [-0.25, -0.2) is 4.98 Å². The topological polar surface area (TPSA) is 64.9 Å². The second-order valence-corrected chi connectivity index (χ2v) is 7.24. The van der Waals surface area contributed by atoms with Crippen molar-refractivity contribution in [1.29, 1.82) is 0 Å². The number of ether oxygens (including phenoxy) is 2. The second-order valence-electron chi connectivity index (χ2n) is 7.24. The number of amides is 1. The Morgan fingerprint density at radius 3 is 2.77 bits per heavy atom. The molecule has 5 rings (SSSR count). The number of fused-ring (bicyclic) bond motifs is 2. The van der Waals surface area contributed by atoms with Gasteiger partial charge in [-0.05, 0) is 35.4 Å². The minimum atomic E-state index is -0.0969. The number of hydrogen-bond acceptors (Lipinski definition) is 4. The lowest BCUT2D eigenvalue weighted by atomic mass is 9.92. The maximum Gasteiger partial charge on any atom is 0.231 e. The molecule has 6 nitrogen and oxygen atoms in total. The molecule has 0 bridgehead atoms. The molecule has 0 saturated heterocycles. The van der Waals surface area contributed by atoms with Gasteiger partial charge in [0.25, 0.3) is 0 Å². The highest BCUT2D eigenvalue weighted by atomic mass is 16.7. The van der Waals surface area contributed by atoms with Gasteiger partial charge in [0.1, 0.15) is 5.65 Å². The Labute approximate surface area is 174 Å². The monoisotopic (exact) mass is 399 g/mol. The molecule has 1 aliphatic rings. The van der Waals surface area contributed by atoms with Gasteiger partial charge in [-0.3, -0.25) is 4.79 Å². The minimum absolute atomic E-state index is 0.0209. The van der Waals surface area contributed by atoms with Gasteiger partial charge < -0.3 is 19.2 Å². The summed E-state index contributed by atoms with van der Waals surface area (Å²) < 4.78 is 12.8. The maximum atomic E-state index is 12.9. The largest absolute Gasteiger partial charge is 0.454 e. The van der Waals surface area contributed by atoms with Gasteiger partial charge in [-0.15, -0.1) is 0 Å². The Bertz CT molecular complexity index is 1190. The third-order valence-electron chi connectivity index (χ3n) is 5.32. The Kier molecular flexibility index (Phi) is 4.81. The van der Waals surface area contributed by atoms with Gasteiger partial charge >= 0.3 is 0 Å². The lowest BCUT2D eigenvalue weighted by Crippen LogP contribution is -2.25. The van der Waals surface area contributed by atoms with Crippen molar-refractivity contribution in [3.05, 3.63) is 95.9 Å². The molecule has 0 aliphatic carbocycles. The number of nitrogens with zero attached hydrogens (tertiary/aromatic N) is 2. The number of aromatic nitrogens is 2. The fourth-order valence-electron chi connectivity index (χ4n) is 3.80. The summed E-state index contributed by atoms with van der Waals surface area (Å²) in [6.45, 7) is 0.674. The molecule has 0 radical (unpaired) electrons. The van der Waals surface area contributed by atoms with Gasteiger partial charge in [0.2, 0.25) is 12.7 Å². The molecule has 0 saturated carbocycles. The summed E-state index contributed by atoms with van der Waals surface area (Å²) in [6.07, 6.45) is 4.17. The summed E-state index contributed by atoms with van der Waals surface area (Å²) in [5, 5.41) is 3.04. The number of rotatable bonds is 6. The van der Waals surface area contributed by atoms with Crippen LogP contribution >= 0.6 is 0 Å². The second kappa shape index (κ2) is 7.91. The van der Waals surface area contributed by atoms with Crippen molar-refractivity contribution in [2.45, 2.75) is 18.9 Å². The summed E-state index contributed by atoms with van der Waals surface area (Å²) >= 11 is 0. The fraction of sp³-hybridized carbons (Fsp3) is 0.167. The van der Waals surface area contributed by atoms with Gasteiger partial charge in [0, 0.05) is 31.3 Å². The van der Waals surface area contributed by atoms with E-state index >= 15 is 0 Å². The zero-order chi connectivity index (χ0) is 20.3. The quantitative estimate of drug-likeness (QED) is 0.534. The molecule has 30 heavy (non-hydrogen) atoms. The average molecular weight is 399 g/mol. The number of pyridine rings is 1. The van der Waals surface area contributed by atoms with Crippen molar-refractivity contribution >= 4 is 11.6 Å². The van der Waals surface area contributed by atoms with E-state index in [0.717, 1.165) is 34.0 Å². The van der Waals surface area contributed by atoms with E-state index in [-0.39, 0.29) is 18.6 Å². The van der Waals surface area contributed by atoms with Gasteiger partial charge in [-0.1, -0.05) is 42.5 Å². The maximum absolute atomic E-state index is 12.9. The standard InChI is InChI=1S/C24H21N3O3/c28-24(26-14-17-9-10-21-22(12-17)30-16-29-21)13-19(18-6-2-1-3-7-18)20-15-25-23-8-4-5-11-27(20)23/h1-12,15,19H,13-14,16H2,(H,26,28). The van der Waals surface area contributed by atoms with E-state index in [9.17, 15) is 4.79 Å². The Morgan fingerprint density at radius 2 is 1.87 bits per heavy atom. The average Bonchev–Trinajstić information content (AvgIpc) is 3.43. The van der Waals surface area contributed by atoms with E-state index in [2.05, 4.69) is 22.4 Å². The first-order chi connectivity index (χ1) is 14.8. The van der Waals surface area contributed by atoms with Crippen LogP contribution in [-0.4, -0.2) is 22.1 Å². The SMILES string of the molecule is O=C(CC(c1ccccc1)c1cnc2ccccn12)NCc1ccc2c(c1)OCO2. The normalized spacial score (nSPS) is 13.3. The molecule has 0 fully saturated rings. The molecular weight excluding hydrogens is 378 g/mol. The van der Waals surface area contributed by atoms with E-state index < -0.39 is 0 Å². The lowest BCUT2D eigenvalue weighted by molar-refractivity contribution is -0.121. The number of imidazole rings is 1. The van der Waals surface area contributed by atoms with Crippen LogP contribution in [0.5, 0.6) is 11.5 Å². The number of benzene rings is 2. The zero-order valence-corrected chi connectivity index (χ0v) is 16.3. The first-order valence-corrected chi connectivity index (χ1v) is 9.90. The summed E-state index contributed by atoms with van der Waals surface area (Å²) in [7, 11) is 0. The van der Waals surface area contributed by atoms with Crippen molar-refractivity contribution in [3.8, 4) is 11.5 Å². The van der Waals surface area contributed by atoms with Crippen molar-refractivity contribution in [2.75, 3.05) is 6.79 Å². The van der Waals surface area contributed by atoms with E-state index in [1.165, 1.54) is 0 Å². The third kappa shape index (κ3) is 3.59. The molecule has 0 spiro atoms. The molecule has 2 aromatic heterocycles. The van der Waals surface area contributed by atoms with Crippen LogP contribution in [0, 0.1) is 0 Å². The Hall–Kier alpha value is -3.80. The van der Waals surface area contributed by atoms with Crippen molar-refractivity contribution in [3.63, 3.8) is 0 Å². The molecule has 3 heterocycles. The van der Waals surface area contributed by atoms with Gasteiger partial charge in [0.05, 0.1) is 5.69 Å². The van der Waals surface area contributed by atoms with Crippen molar-refractivity contribution in [2.24, 2.45) is 0 Å². The van der Waals surface area contributed by atoms with Gasteiger partial charge in [0.15, 0.2) is 11.5 Å². The van der Waals surface area contributed by atoms with Crippen molar-refractivity contribution < 1.29 is 14.3 Å². The number of carbonyl (C=O) groups is 1. The number of hydrogen-bond donors (Lipinski definition) is 1. The van der Waals surface area contributed by atoms with Crippen LogP contribution in [0.2, 0.25) is 0 Å². The van der Waals surface area contributed by atoms with Crippen LogP contribution in [0.25, 0.3) is 5.65 Å². The van der Waals surface area contributed by atoms with Crippen LogP contribution in [-0.2, 0) is 11.3 Å². The first-order valence-electron chi connectivity index (χ1n) is 9.90. The third-order valence-corrected chi connectivity index (χ3v) is 5.32. The van der Waals surface area contributed by atoms with Crippen molar-refractivity contribution in [1.82, 2.24) is 14.7 Å². The first kappa shape index (κ1) is 18.2. The molecule has 1 amide bonds. The lowest BCUT2D eigenvalue weighted by Gasteiger charge is -2.17. The fourth-order valence-corrected chi connectivity index (χ4v) is 3.80. The molecular formula is C24H21N3O3. The number of nitrogens with one attached hydrogen (secondary N) is 1. The van der Waals surface area contributed by atoms with E-state index in [1.807, 2.05) is 71.4 Å². The highest BCUT2D eigenvalue weighted by Crippen LogP contribution is 2.32. The van der Waals surface area contributed by atoms with Crippen LogP contribution < -0.4 is 14.8 Å². The van der Waals surface area contributed by atoms with E-state index in [4.69, 9.17) is 9.47 Å². The molecule has 6 heteroatoms. The highest BCUT2D eigenvalue weighted by molar-refractivity contribution is 5.77. The summed E-state index contributed by atoms with van der Waals surface area (Å²) in [5.74, 6) is 1.34. The van der Waals surface area contributed by atoms with Crippen LogP contribution in [0.4, 0.5) is 0 Å². The zero-order valence-electron chi connectivity index (χ0n) is 16.3. The van der Waals surface area contributed by atoms with E-state index in [1.54, 1.807) is 0 Å². The van der Waals surface area contributed by atoms with Crippen LogP contribution in [0.15, 0.2) is 79.1 Å². The summed E-state index contributed by atoms with van der Waals surface area (Å²) in [5.41, 5.74) is 3.92. The summed E-state index contributed by atoms with van der Waals surface area (Å²) in [4.78, 5) is 17.4. The molecule has 1 aliphatic heterocycles. The predicted octanol–water partition coefficient (Wildman–Crippen LogP) is 3.90. The Morgan fingerprint density at radius 1 is 1.03 bits per heavy atom. The molecule has 4 aromatic rings. The Balaban J connectivity index is 1.35. The minimum Gasteiger partial charge on any atom is -0.454 e. The molecule has 1 unspecified atom stereocenters. The summed E-state index contributed by atoms with van der Waals surface area (Å²) in [6, 6.07) is 21.7. The smallest absolute Gasteiger partial charge is 0.231 e. The van der Waals surface area contributed by atoms with Crippen LogP contribution in [0.3, 0.4) is 0 Å². The highest BCUT2D eigenvalue weighted by Gasteiger charge is 2.22. The molecule has 2 aromatic carbocycles. The molecule has 1 N–H and O–H groups in total. The molecule has 1 atom stereocenters. The molecule has 150 valence electrons. The number of carbonyl (C=O) groups excluding carboxylic acids is 1.